The van der Waals surface area contributed by atoms with Gasteiger partial charge in [0.05, 0.1) is 12.6 Å². The van der Waals surface area contributed by atoms with Crippen LogP contribution in [-0.2, 0) is 9.53 Å². The molecular formula is C13H16N2O3. The van der Waals surface area contributed by atoms with Gasteiger partial charge in [0.1, 0.15) is 6.61 Å². The number of ketones is 1. The van der Waals surface area contributed by atoms with E-state index in [-0.39, 0.29) is 24.3 Å². The van der Waals surface area contributed by atoms with E-state index in [9.17, 15) is 9.59 Å². The van der Waals surface area contributed by atoms with Crippen molar-refractivity contribution in [1.82, 2.24) is 0 Å². The quantitative estimate of drug-likeness (QED) is 0.794. The lowest BCUT2D eigenvalue weighted by Gasteiger charge is -2.34. The van der Waals surface area contributed by atoms with Crippen LogP contribution in [0.1, 0.15) is 17.3 Å². The van der Waals surface area contributed by atoms with Gasteiger partial charge in [-0.1, -0.05) is 0 Å². The van der Waals surface area contributed by atoms with Crippen molar-refractivity contribution in [1.29, 1.82) is 0 Å². The van der Waals surface area contributed by atoms with Gasteiger partial charge in [-0.05, 0) is 31.2 Å². The van der Waals surface area contributed by atoms with Crippen LogP contribution < -0.4 is 10.6 Å². The molecule has 1 amide bonds. The molecule has 2 N–H and O–H groups in total. The summed E-state index contributed by atoms with van der Waals surface area (Å²) in [5, 5.41) is 0. The normalized spacial score (nSPS) is 20.0. The summed E-state index contributed by atoms with van der Waals surface area (Å²) in [6.07, 6.45) is 0. The van der Waals surface area contributed by atoms with Crippen molar-refractivity contribution in [3.8, 4) is 0 Å². The largest absolute Gasteiger partial charge is 0.369 e. The first kappa shape index (κ1) is 12.7. The summed E-state index contributed by atoms with van der Waals surface area (Å²) in [5.41, 5.74) is 7.03. The molecule has 5 heteroatoms. The van der Waals surface area contributed by atoms with E-state index in [0.717, 1.165) is 5.69 Å². The molecule has 0 bridgehead atoms. The van der Waals surface area contributed by atoms with Crippen LogP contribution in [0.3, 0.4) is 0 Å². The summed E-state index contributed by atoms with van der Waals surface area (Å²) >= 11 is 0. The first-order valence-corrected chi connectivity index (χ1v) is 5.84. The Kier molecular flexibility index (Phi) is 3.74. The van der Waals surface area contributed by atoms with E-state index in [1.165, 1.54) is 6.92 Å². The van der Waals surface area contributed by atoms with Crippen molar-refractivity contribution in [3.63, 3.8) is 0 Å². The van der Waals surface area contributed by atoms with E-state index < -0.39 is 0 Å². The molecule has 0 spiro atoms. The van der Waals surface area contributed by atoms with E-state index in [1.807, 2.05) is 0 Å². The second kappa shape index (κ2) is 5.29. The number of hydrogen-bond donors (Lipinski definition) is 1. The molecule has 1 aromatic rings. The first-order chi connectivity index (χ1) is 8.63. The second-order valence-corrected chi connectivity index (χ2v) is 4.27. The van der Waals surface area contributed by atoms with Crippen LogP contribution in [0.4, 0.5) is 5.69 Å². The minimum absolute atomic E-state index is 0.00484. The van der Waals surface area contributed by atoms with Crippen LogP contribution in [0.2, 0.25) is 0 Å². The van der Waals surface area contributed by atoms with Gasteiger partial charge in [0, 0.05) is 17.8 Å². The summed E-state index contributed by atoms with van der Waals surface area (Å²) in [6, 6.07) is 6.82. The SMILES string of the molecule is CC(=O)c1ccc(N2C(=O)COCC2CN)cc1. The minimum atomic E-state index is -0.144. The van der Waals surface area contributed by atoms with Gasteiger partial charge in [-0.3, -0.25) is 9.59 Å². The van der Waals surface area contributed by atoms with Crippen LogP contribution in [0.15, 0.2) is 24.3 Å². The molecule has 18 heavy (non-hydrogen) atoms. The van der Waals surface area contributed by atoms with Crippen LogP contribution >= 0.6 is 0 Å². The highest BCUT2D eigenvalue weighted by atomic mass is 16.5. The molecule has 1 saturated heterocycles. The monoisotopic (exact) mass is 248 g/mol. The van der Waals surface area contributed by atoms with E-state index in [1.54, 1.807) is 29.2 Å². The average Bonchev–Trinajstić information content (AvgIpc) is 2.38. The number of anilines is 1. The maximum Gasteiger partial charge on any atom is 0.253 e. The van der Waals surface area contributed by atoms with Crippen molar-refractivity contribution in [3.05, 3.63) is 29.8 Å². The Hall–Kier alpha value is -1.72. The van der Waals surface area contributed by atoms with Gasteiger partial charge in [0.25, 0.3) is 5.91 Å². The number of nitrogens with two attached hydrogens (primary N) is 1. The highest BCUT2D eigenvalue weighted by molar-refractivity contribution is 5.97. The van der Waals surface area contributed by atoms with Gasteiger partial charge in [0.15, 0.2) is 5.78 Å². The second-order valence-electron chi connectivity index (χ2n) is 4.27. The smallest absolute Gasteiger partial charge is 0.253 e. The van der Waals surface area contributed by atoms with Gasteiger partial charge in [0.2, 0.25) is 0 Å². The van der Waals surface area contributed by atoms with E-state index in [2.05, 4.69) is 0 Å². The Morgan fingerprint density at radius 1 is 1.44 bits per heavy atom. The number of amides is 1. The number of carbonyl (C=O) groups is 2. The molecule has 0 radical (unpaired) electrons. The van der Waals surface area contributed by atoms with Crippen molar-refractivity contribution < 1.29 is 14.3 Å². The lowest BCUT2D eigenvalue weighted by atomic mass is 10.1. The molecule has 1 fully saturated rings. The van der Waals surface area contributed by atoms with Crippen LogP contribution in [0.25, 0.3) is 0 Å². The van der Waals surface area contributed by atoms with Gasteiger partial charge in [-0.2, -0.15) is 0 Å². The summed E-state index contributed by atoms with van der Waals surface area (Å²) in [5.74, 6) is -0.0995. The fourth-order valence-electron chi connectivity index (χ4n) is 2.01. The zero-order valence-electron chi connectivity index (χ0n) is 10.3. The maximum absolute atomic E-state index is 11.9. The Balaban J connectivity index is 2.27. The molecule has 1 atom stereocenters. The van der Waals surface area contributed by atoms with Gasteiger partial charge in [-0.25, -0.2) is 0 Å². The third-order valence-electron chi connectivity index (χ3n) is 2.99. The molecule has 1 aromatic carbocycles. The number of ether oxygens (including phenoxy) is 1. The Morgan fingerprint density at radius 2 is 2.11 bits per heavy atom. The number of hydrogen-bond acceptors (Lipinski definition) is 4. The zero-order chi connectivity index (χ0) is 13.1. The average molecular weight is 248 g/mol. The minimum Gasteiger partial charge on any atom is -0.369 e. The molecule has 96 valence electrons. The molecule has 1 aliphatic rings. The standard InChI is InChI=1S/C13H16N2O3/c1-9(16)10-2-4-11(5-3-10)15-12(6-14)7-18-8-13(15)17/h2-5,12H,6-8,14H2,1H3. The molecule has 1 aliphatic heterocycles. The van der Waals surface area contributed by atoms with Crippen molar-refractivity contribution in [2.24, 2.45) is 5.73 Å². The molecule has 1 heterocycles. The summed E-state index contributed by atoms with van der Waals surface area (Å²) in [7, 11) is 0. The molecule has 1 unspecified atom stereocenters. The molecule has 5 nitrogen and oxygen atoms in total. The van der Waals surface area contributed by atoms with Crippen molar-refractivity contribution in [2.45, 2.75) is 13.0 Å². The lowest BCUT2D eigenvalue weighted by Crippen LogP contribution is -2.53. The number of nitrogens with zero attached hydrogens (tertiary/aromatic N) is 1. The summed E-state index contributed by atoms with van der Waals surface area (Å²) in [6.45, 7) is 2.37. The van der Waals surface area contributed by atoms with Crippen LogP contribution in [0, 0.1) is 0 Å². The first-order valence-electron chi connectivity index (χ1n) is 5.84. The predicted octanol–water partition coefficient (Wildman–Crippen LogP) is 0.580. The number of benzene rings is 1. The number of rotatable bonds is 3. The highest BCUT2D eigenvalue weighted by Crippen LogP contribution is 2.21. The molecule has 0 saturated carbocycles. The third kappa shape index (κ3) is 2.42. The Bertz CT molecular complexity index is 456. The van der Waals surface area contributed by atoms with Gasteiger partial charge >= 0.3 is 0 Å². The number of morpholine rings is 1. The Labute approximate surface area is 106 Å². The topological polar surface area (TPSA) is 72.6 Å². The number of carbonyl (C=O) groups excluding carboxylic acids is 2. The molecule has 0 aliphatic carbocycles. The summed E-state index contributed by atoms with van der Waals surface area (Å²) in [4.78, 5) is 24.7. The number of Topliss-reactive ketones (excluding diaryl/α,β-unsaturated/α-hetero) is 1. The fourth-order valence-corrected chi connectivity index (χ4v) is 2.01. The van der Waals surface area contributed by atoms with Crippen LogP contribution in [-0.4, -0.2) is 37.5 Å². The van der Waals surface area contributed by atoms with E-state index >= 15 is 0 Å². The predicted molar refractivity (Wildman–Crippen MR) is 67.6 cm³/mol. The van der Waals surface area contributed by atoms with Crippen LogP contribution in [0.5, 0.6) is 0 Å². The molecule has 2 rings (SSSR count). The highest BCUT2D eigenvalue weighted by Gasteiger charge is 2.28. The third-order valence-corrected chi connectivity index (χ3v) is 2.99. The molecular weight excluding hydrogens is 232 g/mol. The van der Waals surface area contributed by atoms with Gasteiger partial charge in [-0.15, -0.1) is 0 Å². The Morgan fingerprint density at radius 3 is 2.67 bits per heavy atom. The molecule has 0 aromatic heterocycles. The van der Waals surface area contributed by atoms with E-state index in [0.29, 0.717) is 18.7 Å². The maximum atomic E-state index is 11.9. The fraction of sp³-hybridized carbons (Fsp3) is 0.385. The lowest BCUT2D eigenvalue weighted by molar-refractivity contribution is -0.127. The van der Waals surface area contributed by atoms with E-state index in [4.69, 9.17) is 10.5 Å². The van der Waals surface area contributed by atoms with Crippen molar-refractivity contribution in [2.75, 3.05) is 24.7 Å². The summed E-state index contributed by atoms with van der Waals surface area (Å²) < 4.78 is 5.17. The zero-order valence-corrected chi connectivity index (χ0v) is 10.3. The van der Waals surface area contributed by atoms with Gasteiger partial charge < -0.3 is 15.4 Å². The van der Waals surface area contributed by atoms with Crippen molar-refractivity contribution >= 4 is 17.4 Å².